The van der Waals surface area contributed by atoms with Crippen molar-refractivity contribution < 1.29 is 18.7 Å². The van der Waals surface area contributed by atoms with Gasteiger partial charge in [0.25, 0.3) is 0 Å². The fourth-order valence-electron chi connectivity index (χ4n) is 3.92. The molecule has 2 saturated heterocycles. The topological polar surface area (TPSA) is 88.6 Å². The van der Waals surface area contributed by atoms with Crippen LogP contribution in [0.2, 0.25) is 0 Å². The van der Waals surface area contributed by atoms with Gasteiger partial charge in [-0.1, -0.05) is 0 Å². The number of nitrogens with zero attached hydrogens (tertiary/aromatic N) is 3. The Balaban J connectivity index is 1.79. The highest BCUT2D eigenvalue weighted by Gasteiger charge is 2.42. The first-order valence-corrected chi connectivity index (χ1v) is 10.3. The van der Waals surface area contributed by atoms with E-state index in [9.17, 15) is 9.18 Å². The van der Waals surface area contributed by atoms with Crippen LogP contribution < -0.4 is 15.5 Å². The number of cyclic esters (lactones) is 1. The molecule has 3 heterocycles. The standard InChI is InChI=1S/C20H32FN5O3/c1-12(14-6-8-22-9-7-14)24-18-23-10-15(21)17(25-18)26-16(11-28-19(26)27)13(2)29-20(3,4)5/h10,12-14,16,22H,6-9,11H2,1-5H3,(H,23,24,25)/t12-,13?,16+/m0/s1. The zero-order valence-corrected chi connectivity index (χ0v) is 17.9. The van der Waals surface area contributed by atoms with Crippen LogP contribution in [0.5, 0.6) is 0 Å². The average molecular weight is 410 g/mol. The van der Waals surface area contributed by atoms with Gasteiger partial charge in [0.2, 0.25) is 5.95 Å². The molecule has 1 unspecified atom stereocenters. The van der Waals surface area contributed by atoms with Gasteiger partial charge in [0.1, 0.15) is 12.6 Å². The first-order chi connectivity index (χ1) is 13.7. The van der Waals surface area contributed by atoms with Crippen molar-refractivity contribution in [2.45, 2.75) is 71.2 Å². The molecule has 1 amide bonds. The van der Waals surface area contributed by atoms with Crippen molar-refractivity contribution in [3.63, 3.8) is 0 Å². The fourth-order valence-corrected chi connectivity index (χ4v) is 3.92. The summed E-state index contributed by atoms with van der Waals surface area (Å²) in [5, 5.41) is 6.62. The Labute approximate surface area is 171 Å². The second kappa shape index (κ2) is 8.79. The zero-order valence-electron chi connectivity index (χ0n) is 17.9. The molecule has 1 aromatic rings. The molecule has 2 N–H and O–H groups in total. The van der Waals surface area contributed by atoms with E-state index in [0.29, 0.717) is 11.9 Å². The molecule has 29 heavy (non-hydrogen) atoms. The van der Waals surface area contributed by atoms with Crippen LogP contribution in [0.3, 0.4) is 0 Å². The molecular weight excluding hydrogens is 377 g/mol. The van der Waals surface area contributed by atoms with Crippen molar-refractivity contribution >= 4 is 17.9 Å². The van der Waals surface area contributed by atoms with Gasteiger partial charge in [-0.3, -0.25) is 0 Å². The molecule has 3 rings (SSSR count). The number of ether oxygens (including phenoxy) is 2. The van der Waals surface area contributed by atoms with Crippen LogP contribution in [0.25, 0.3) is 0 Å². The molecule has 0 radical (unpaired) electrons. The first-order valence-electron chi connectivity index (χ1n) is 10.3. The smallest absolute Gasteiger partial charge is 0.416 e. The van der Waals surface area contributed by atoms with Gasteiger partial charge in [0, 0.05) is 6.04 Å². The van der Waals surface area contributed by atoms with E-state index in [4.69, 9.17) is 9.47 Å². The van der Waals surface area contributed by atoms with Gasteiger partial charge in [0.05, 0.1) is 17.9 Å². The minimum absolute atomic E-state index is 0.0862. The first kappa shape index (κ1) is 21.7. The monoisotopic (exact) mass is 409 g/mol. The number of carbonyl (C=O) groups is 1. The highest BCUT2D eigenvalue weighted by molar-refractivity contribution is 5.89. The van der Waals surface area contributed by atoms with Gasteiger partial charge in [-0.25, -0.2) is 19.1 Å². The summed E-state index contributed by atoms with van der Waals surface area (Å²) in [4.78, 5) is 22.0. The lowest BCUT2D eigenvalue weighted by Crippen LogP contribution is -2.45. The number of nitrogens with one attached hydrogen (secondary N) is 2. The minimum atomic E-state index is -0.670. The molecule has 2 aliphatic heterocycles. The third kappa shape index (κ3) is 5.33. The molecule has 2 fully saturated rings. The van der Waals surface area contributed by atoms with E-state index in [2.05, 4.69) is 27.5 Å². The third-order valence-corrected chi connectivity index (χ3v) is 5.39. The zero-order chi connectivity index (χ0) is 21.2. The quantitative estimate of drug-likeness (QED) is 0.747. The summed E-state index contributed by atoms with van der Waals surface area (Å²) in [6.07, 6.45) is 2.22. The largest absolute Gasteiger partial charge is 0.447 e. The van der Waals surface area contributed by atoms with Gasteiger partial charge in [0.15, 0.2) is 11.6 Å². The summed E-state index contributed by atoms with van der Waals surface area (Å²) in [7, 11) is 0. The molecule has 0 spiro atoms. The van der Waals surface area contributed by atoms with Crippen molar-refractivity contribution in [3.05, 3.63) is 12.0 Å². The Kier molecular flexibility index (Phi) is 6.58. The normalized spacial score (nSPS) is 23.0. The summed E-state index contributed by atoms with van der Waals surface area (Å²) in [5.41, 5.74) is -0.405. The maximum Gasteiger partial charge on any atom is 0.416 e. The summed E-state index contributed by atoms with van der Waals surface area (Å²) >= 11 is 0. The van der Waals surface area contributed by atoms with Crippen LogP contribution in [0.15, 0.2) is 6.20 Å². The Bertz CT molecular complexity index is 721. The molecular formula is C20H32FN5O3. The Hall–Kier alpha value is -2.00. The summed E-state index contributed by atoms with van der Waals surface area (Å²) in [5.74, 6) is 0.0297. The van der Waals surface area contributed by atoms with Crippen LogP contribution in [-0.2, 0) is 9.47 Å². The van der Waals surface area contributed by atoms with Gasteiger partial charge in [-0.05, 0) is 66.5 Å². The fraction of sp³-hybridized carbons (Fsp3) is 0.750. The van der Waals surface area contributed by atoms with E-state index in [-0.39, 0.29) is 24.6 Å². The van der Waals surface area contributed by atoms with Gasteiger partial charge >= 0.3 is 6.09 Å². The third-order valence-electron chi connectivity index (χ3n) is 5.39. The van der Waals surface area contributed by atoms with Crippen LogP contribution in [-0.4, -0.2) is 59.5 Å². The molecule has 0 saturated carbocycles. The van der Waals surface area contributed by atoms with Crippen LogP contribution in [0.1, 0.15) is 47.5 Å². The summed E-state index contributed by atoms with van der Waals surface area (Å²) < 4.78 is 25.8. The van der Waals surface area contributed by atoms with Gasteiger partial charge in [-0.2, -0.15) is 4.98 Å². The predicted octanol–water partition coefficient (Wildman–Crippen LogP) is 2.94. The Morgan fingerprint density at radius 1 is 1.34 bits per heavy atom. The number of hydrogen-bond acceptors (Lipinski definition) is 7. The maximum atomic E-state index is 14.6. The van der Waals surface area contributed by atoms with Crippen LogP contribution >= 0.6 is 0 Å². The summed E-state index contributed by atoms with van der Waals surface area (Å²) in [6.45, 7) is 11.8. The van der Waals surface area contributed by atoms with E-state index in [1.54, 1.807) is 0 Å². The van der Waals surface area contributed by atoms with Crippen molar-refractivity contribution in [2.75, 3.05) is 29.9 Å². The molecule has 1 aromatic heterocycles. The van der Waals surface area contributed by atoms with Crippen molar-refractivity contribution in [2.24, 2.45) is 5.92 Å². The molecule has 2 aliphatic rings. The average Bonchev–Trinajstić information content (AvgIpc) is 3.04. The lowest BCUT2D eigenvalue weighted by molar-refractivity contribution is -0.0618. The lowest BCUT2D eigenvalue weighted by atomic mass is 9.91. The molecule has 0 aromatic carbocycles. The van der Waals surface area contributed by atoms with E-state index in [0.717, 1.165) is 32.1 Å². The predicted molar refractivity (Wildman–Crippen MR) is 109 cm³/mol. The van der Waals surface area contributed by atoms with Gasteiger partial charge < -0.3 is 20.1 Å². The van der Waals surface area contributed by atoms with Crippen LogP contribution in [0, 0.1) is 11.7 Å². The molecule has 3 atom stereocenters. The number of amides is 1. The van der Waals surface area contributed by atoms with E-state index >= 15 is 0 Å². The minimum Gasteiger partial charge on any atom is -0.447 e. The molecule has 8 nitrogen and oxygen atoms in total. The number of halogens is 1. The second-order valence-electron chi connectivity index (χ2n) is 8.84. The molecule has 0 aliphatic carbocycles. The molecule has 162 valence electrons. The molecule has 0 bridgehead atoms. The van der Waals surface area contributed by atoms with Crippen molar-refractivity contribution in [1.29, 1.82) is 0 Å². The number of aromatic nitrogens is 2. The SMILES string of the molecule is CC(OC(C)(C)C)[C@H]1COC(=O)N1c1nc(N[C@@H](C)C2CCNCC2)ncc1F. The maximum absolute atomic E-state index is 14.6. The van der Waals surface area contributed by atoms with E-state index < -0.39 is 23.6 Å². The number of anilines is 2. The Morgan fingerprint density at radius 3 is 2.69 bits per heavy atom. The van der Waals surface area contributed by atoms with Crippen molar-refractivity contribution in [1.82, 2.24) is 15.3 Å². The van der Waals surface area contributed by atoms with E-state index in [1.807, 2.05) is 27.7 Å². The number of piperidine rings is 1. The van der Waals surface area contributed by atoms with Gasteiger partial charge in [-0.15, -0.1) is 0 Å². The second-order valence-corrected chi connectivity index (χ2v) is 8.84. The van der Waals surface area contributed by atoms with E-state index in [1.165, 1.54) is 4.90 Å². The molecule has 9 heteroatoms. The number of hydrogen-bond donors (Lipinski definition) is 2. The lowest BCUT2D eigenvalue weighted by Gasteiger charge is -2.32. The highest BCUT2D eigenvalue weighted by Crippen LogP contribution is 2.29. The number of rotatable bonds is 6. The van der Waals surface area contributed by atoms with Crippen LogP contribution in [0.4, 0.5) is 21.0 Å². The Morgan fingerprint density at radius 2 is 2.03 bits per heavy atom. The van der Waals surface area contributed by atoms with Crippen molar-refractivity contribution in [3.8, 4) is 0 Å². The number of carbonyl (C=O) groups excluding carboxylic acids is 1. The highest BCUT2D eigenvalue weighted by atomic mass is 19.1. The summed E-state index contributed by atoms with van der Waals surface area (Å²) in [6, 6.07) is -0.333.